The fraction of sp³-hybridized carbons (Fsp3) is 0.436. The van der Waals surface area contributed by atoms with Gasteiger partial charge in [-0.1, -0.05) is 88.5 Å². The number of benzene rings is 3. The molecule has 7 heteroatoms. The average Bonchev–Trinajstić information content (AvgIpc) is 3.06. The van der Waals surface area contributed by atoms with Crippen LogP contribution in [0.15, 0.2) is 72.8 Å². The van der Waals surface area contributed by atoms with Crippen molar-refractivity contribution in [2.24, 2.45) is 0 Å². The molecule has 1 aliphatic carbocycles. The molecule has 0 aliphatic heterocycles. The number of esters is 2. The van der Waals surface area contributed by atoms with E-state index in [9.17, 15) is 9.59 Å². The summed E-state index contributed by atoms with van der Waals surface area (Å²) < 4.78 is 16.7. The second kappa shape index (κ2) is 19.3. The second-order valence-corrected chi connectivity index (χ2v) is 12.3. The number of anilines is 2. The van der Waals surface area contributed by atoms with Gasteiger partial charge in [-0.25, -0.2) is 9.59 Å². The maximum absolute atomic E-state index is 12.3. The molecule has 0 saturated heterocycles. The summed E-state index contributed by atoms with van der Waals surface area (Å²) in [6.45, 7) is 1.11. The lowest BCUT2D eigenvalue weighted by atomic mass is 9.84. The molecule has 3 aromatic carbocycles. The highest BCUT2D eigenvalue weighted by molar-refractivity contribution is 5.91. The molecular weight excluding hydrogens is 576 g/mol. The number of rotatable bonds is 18. The van der Waals surface area contributed by atoms with Gasteiger partial charge in [0.05, 0.1) is 18.8 Å². The first-order chi connectivity index (χ1) is 22.5. The van der Waals surface area contributed by atoms with Crippen LogP contribution in [0.5, 0.6) is 11.5 Å². The number of hydrogen-bond acceptors (Lipinski definition) is 7. The Hall–Kier alpha value is -4.26. The van der Waals surface area contributed by atoms with Crippen molar-refractivity contribution < 1.29 is 23.8 Å². The molecule has 0 unspecified atom stereocenters. The predicted molar refractivity (Wildman–Crippen MR) is 186 cm³/mol. The molecule has 0 atom stereocenters. The summed E-state index contributed by atoms with van der Waals surface area (Å²) >= 11 is 0. The smallest absolute Gasteiger partial charge is 0.338 e. The highest BCUT2D eigenvalue weighted by Crippen LogP contribution is 2.33. The number of carbonyl (C=O) groups excluding carboxylic acids is 2. The van der Waals surface area contributed by atoms with Gasteiger partial charge in [-0.05, 0) is 91.3 Å². The Morgan fingerprint density at radius 2 is 1.24 bits per heavy atom. The van der Waals surface area contributed by atoms with Crippen LogP contribution in [0.4, 0.5) is 11.4 Å². The van der Waals surface area contributed by atoms with E-state index in [0.717, 1.165) is 43.4 Å². The van der Waals surface area contributed by atoms with E-state index in [1.165, 1.54) is 69.4 Å². The summed E-state index contributed by atoms with van der Waals surface area (Å²) in [4.78, 5) is 24.4. The molecule has 246 valence electrons. The molecule has 4 N–H and O–H groups in total. The summed E-state index contributed by atoms with van der Waals surface area (Å²) in [5.74, 6) is 1.29. The van der Waals surface area contributed by atoms with Gasteiger partial charge in [0.2, 0.25) is 0 Å². The fourth-order valence-electron chi connectivity index (χ4n) is 5.91. The normalized spacial score (nSPS) is 13.5. The maximum atomic E-state index is 12.3. The van der Waals surface area contributed by atoms with Crippen LogP contribution in [0, 0.1) is 0 Å². The Labute approximate surface area is 274 Å². The minimum Gasteiger partial charge on any atom is -0.494 e. The highest BCUT2D eigenvalue weighted by atomic mass is 16.5. The molecule has 1 saturated carbocycles. The SMILES string of the molecule is Nc1cc(N)cc(C(=O)OCCCCCCCCCCCOc2ccc(C=CC(=O)Oc3ccc(C4CCCCC4)cc3)cc2)c1. The topological polar surface area (TPSA) is 114 Å². The van der Waals surface area contributed by atoms with E-state index in [-0.39, 0.29) is 11.9 Å². The average molecular weight is 627 g/mol. The minimum absolute atomic E-state index is 0.377. The lowest BCUT2D eigenvalue weighted by Gasteiger charge is -2.21. The molecule has 7 nitrogen and oxygen atoms in total. The third-order valence-electron chi connectivity index (χ3n) is 8.47. The van der Waals surface area contributed by atoms with E-state index in [0.29, 0.717) is 41.8 Å². The number of hydrogen-bond donors (Lipinski definition) is 2. The number of ether oxygens (including phenoxy) is 3. The van der Waals surface area contributed by atoms with Crippen molar-refractivity contribution in [1.82, 2.24) is 0 Å². The van der Waals surface area contributed by atoms with Gasteiger partial charge in [0.15, 0.2) is 0 Å². The zero-order valence-corrected chi connectivity index (χ0v) is 27.1. The van der Waals surface area contributed by atoms with Gasteiger partial charge in [-0.3, -0.25) is 0 Å². The van der Waals surface area contributed by atoms with Crippen molar-refractivity contribution in [3.63, 3.8) is 0 Å². The van der Waals surface area contributed by atoms with E-state index in [4.69, 9.17) is 25.7 Å². The molecule has 0 radical (unpaired) electrons. The van der Waals surface area contributed by atoms with Gasteiger partial charge in [-0.15, -0.1) is 0 Å². The third-order valence-corrected chi connectivity index (χ3v) is 8.47. The van der Waals surface area contributed by atoms with Crippen LogP contribution in [0.3, 0.4) is 0 Å². The van der Waals surface area contributed by atoms with Crippen LogP contribution in [-0.2, 0) is 9.53 Å². The Bertz CT molecular complexity index is 1360. The Kier molecular flexibility index (Phi) is 14.5. The highest BCUT2D eigenvalue weighted by Gasteiger charge is 2.15. The van der Waals surface area contributed by atoms with Crippen LogP contribution >= 0.6 is 0 Å². The molecule has 3 aromatic rings. The van der Waals surface area contributed by atoms with Crippen molar-refractivity contribution >= 4 is 29.4 Å². The summed E-state index contributed by atoms with van der Waals surface area (Å²) in [5, 5.41) is 0. The molecule has 0 spiro atoms. The van der Waals surface area contributed by atoms with Crippen molar-refractivity contribution in [2.75, 3.05) is 24.7 Å². The molecule has 1 fully saturated rings. The van der Waals surface area contributed by atoms with Crippen molar-refractivity contribution in [1.29, 1.82) is 0 Å². The minimum atomic E-state index is -0.384. The van der Waals surface area contributed by atoms with E-state index in [1.807, 2.05) is 36.4 Å². The summed E-state index contributed by atoms with van der Waals surface area (Å²) in [6.07, 6.45) is 19.8. The van der Waals surface area contributed by atoms with Crippen LogP contribution in [0.2, 0.25) is 0 Å². The zero-order valence-electron chi connectivity index (χ0n) is 27.1. The molecule has 46 heavy (non-hydrogen) atoms. The molecule has 0 heterocycles. The number of unbranched alkanes of at least 4 members (excludes halogenated alkanes) is 8. The number of nitrogen functional groups attached to an aromatic ring is 2. The van der Waals surface area contributed by atoms with Crippen molar-refractivity contribution in [3.8, 4) is 11.5 Å². The van der Waals surface area contributed by atoms with Gasteiger partial charge < -0.3 is 25.7 Å². The lowest BCUT2D eigenvalue weighted by molar-refractivity contribution is -0.128. The van der Waals surface area contributed by atoms with Gasteiger partial charge in [-0.2, -0.15) is 0 Å². The lowest BCUT2D eigenvalue weighted by Crippen LogP contribution is -2.07. The van der Waals surface area contributed by atoms with Gasteiger partial charge >= 0.3 is 11.9 Å². The van der Waals surface area contributed by atoms with E-state index >= 15 is 0 Å². The monoisotopic (exact) mass is 626 g/mol. The Morgan fingerprint density at radius 3 is 1.87 bits per heavy atom. The Morgan fingerprint density at radius 1 is 0.674 bits per heavy atom. The quantitative estimate of drug-likeness (QED) is 0.0475. The first-order valence-electron chi connectivity index (χ1n) is 17.0. The summed E-state index contributed by atoms with van der Waals surface area (Å²) in [6, 6.07) is 20.5. The first-order valence-corrected chi connectivity index (χ1v) is 17.0. The standard InChI is InChI=1S/C39H50N2O5/c40-34-27-33(28-35(41)29-34)39(43)45-26-12-7-5-3-1-2-4-6-11-25-44-36-20-15-30(16-21-36)17-24-38(42)46-37-22-18-32(19-23-37)31-13-9-8-10-14-31/h15-24,27-29,31H,1-14,25-26,40-41H2. The van der Waals surface area contributed by atoms with E-state index in [1.54, 1.807) is 24.3 Å². The van der Waals surface area contributed by atoms with Gasteiger partial charge in [0.1, 0.15) is 11.5 Å². The van der Waals surface area contributed by atoms with Gasteiger partial charge in [0, 0.05) is 17.5 Å². The number of nitrogens with two attached hydrogens (primary N) is 2. The Balaban J connectivity index is 0.979. The summed E-state index contributed by atoms with van der Waals surface area (Å²) in [7, 11) is 0. The van der Waals surface area contributed by atoms with Crippen molar-refractivity contribution in [2.45, 2.75) is 95.8 Å². The number of carbonyl (C=O) groups is 2. The molecule has 0 bridgehead atoms. The predicted octanol–water partition coefficient (Wildman–Crippen LogP) is 9.26. The van der Waals surface area contributed by atoms with Crippen molar-refractivity contribution in [3.05, 3.63) is 89.5 Å². The molecule has 4 rings (SSSR count). The first kappa shape index (κ1) is 34.6. The maximum Gasteiger partial charge on any atom is 0.338 e. The fourth-order valence-corrected chi connectivity index (χ4v) is 5.91. The van der Waals surface area contributed by atoms with Crippen LogP contribution in [0.25, 0.3) is 6.08 Å². The van der Waals surface area contributed by atoms with E-state index < -0.39 is 0 Å². The molecule has 0 aromatic heterocycles. The second-order valence-electron chi connectivity index (χ2n) is 12.3. The zero-order chi connectivity index (χ0) is 32.4. The molecule has 0 amide bonds. The van der Waals surface area contributed by atoms with Crippen LogP contribution < -0.4 is 20.9 Å². The molecule has 1 aliphatic rings. The van der Waals surface area contributed by atoms with Crippen LogP contribution in [-0.4, -0.2) is 25.2 Å². The van der Waals surface area contributed by atoms with E-state index in [2.05, 4.69) is 12.1 Å². The largest absolute Gasteiger partial charge is 0.494 e. The van der Waals surface area contributed by atoms with Gasteiger partial charge in [0.25, 0.3) is 0 Å². The third kappa shape index (κ3) is 12.6. The molecular formula is C39H50N2O5. The summed E-state index contributed by atoms with van der Waals surface area (Å²) in [5.41, 5.74) is 15.0. The van der Waals surface area contributed by atoms with Crippen LogP contribution in [0.1, 0.15) is 117 Å².